The molecule has 31 heavy (non-hydrogen) atoms. The first-order valence-electron chi connectivity index (χ1n) is 10.9. The molecule has 0 unspecified atom stereocenters. The van der Waals surface area contributed by atoms with E-state index in [4.69, 9.17) is 15.8 Å². The molecule has 3 heterocycles. The van der Waals surface area contributed by atoms with Crippen LogP contribution in [0.2, 0.25) is 0 Å². The smallest absolute Gasteiger partial charge is 0.248 e. The van der Waals surface area contributed by atoms with Crippen LogP contribution in [0.5, 0.6) is 0 Å². The molecule has 2 aliphatic rings. The van der Waals surface area contributed by atoms with Gasteiger partial charge in [-0.15, -0.1) is 0 Å². The fraction of sp³-hybridized carbons (Fsp3) is 0.391. The number of fused-ring (bicyclic) bond motifs is 3. The maximum atomic E-state index is 12.9. The second-order valence-electron chi connectivity index (χ2n) is 8.39. The molecule has 3 aromatic rings. The third-order valence-electron chi connectivity index (χ3n) is 6.33. The van der Waals surface area contributed by atoms with Crippen molar-refractivity contribution < 1.29 is 9.59 Å². The second-order valence-corrected chi connectivity index (χ2v) is 8.39. The molecule has 1 atom stereocenters. The van der Waals surface area contributed by atoms with E-state index < -0.39 is 5.91 Å². The average Bonchev–Trinajstić information content (AvgIpc) is 3.18. The van der Waals surface area contributed by atoms with E-state index in [9.17, 15) is 9.59 Å². The van der Waals surface area contributed by atoms with E-state index in [0.29, 0.717) is 17.8 Å². The minimum absolute atomic E-state index is 0.0148. The van der Waals surface area contributed by atoms with Gasteiger partial charge in [-0.2, -0.15) is 5.10 Å². The number of nitrogens with one attached hydrogen (secondary N) is 1. The normalized spacial score (nSPS) is 18.6. The molecule has 1 aliphatic heterocycles. The number of primary amides is 1. The molecule has 0 bridgehead atoms. The lowest BCUT2D eigenvalue weighted by Crippen LogP contribution is -2.41. The standard InChI is InChI=1S/C23H26N6O2/c24-21(30)15-7-9-17(10-8-15)26-23(31)16-4-3-12-28(14-16)22-20-18-5-1-2-6-19(18)27-29(20)13-11-25-22/h7-11,13,16H,1-6,12,14H2,(H2,24,30)(H,26,31)/t16-/m1/s1. The Balaban J connectivity index is 1.35. The molecule has 1 saturated heterocycles. The molecule has 0 saturated carbocycles. The van der Waals surface area contributed by atoms with Crippen LogP contribution in [0.15, 0.2) is 36.7 Å². The van der Waals surface area contributed by atoms with Gasteiger partial charge in [0, 0.05) is 42.3 Å². The molecular weight excluding hydrogens is 392 g/mol. The molecule has 2 amide bonds. The van der Waals surface area contributed by atoms with E-state index in [1.807, 2.05) is 10.7 Å². The quantitative estimate of drug-likeness (QED) is 0.677. The maximum Gasteiger partial charge on any atom is 0.248 e. The van der Waals surface area contributed by atoms with Crippen LogP contribution < -0.4 is 16.0 Å². The number of carbonyl (C=O) groups is 2. The summed E-state index contributed by atoms with van der Waals surface area (Å²) in [6.07, 6.45) is 9.91. The summed E-state index contributed by atoms with van der Waals surface area (Å²) in [7, 11) is 0. The highest BCUT2D eigenvalue weighted by Gasteiger charge is 2.29. The number of carbonyl (C=O) groups excluding carboxylic acids is 2. The summed E-state index contributed by atoms with van der Waals surface area (Å²) in [5, 5.41) is 7.75. The highest BCUT2D eigenvalue weighted by Crippen LogP contribution is 2.32. The van der Waals surface area contributed by atoms with Crippen LogP contribution in [0.3, 0.4) is 0 Å². The van der Waals surface area contributed by atoms with Crippen LogP contribution in [0, 0.1) is 5.92 Å². The van der Waals surface area contributed by atoms with Gasteiger partial charge in [-0.3, -0.25) is 9.59 Å². The van der Waals surface area contributed by atoms with Crippen molar-refractivity contribution in [3.8, 4) is 0 Å². The lowest BCUT2D eigenvalue weighted by atomic mass is 9.95. The summed E-state index contributed by atoms with van der Waals surface area (Å²) in [6, 6.07) is 6.66. The number of anilines is 2. The van der Waals surface area contributed by atoms with E-state index in [1.54, 1.807) is 30.5 Å². The summed E-state index contributed by atoms with van der Waals surface area (Å²) in [5.74, 6) is 0.301. The van der Waals surface area contributed by atoms with Gasteiger partial charge >= 0.3 is 0 Å². The SMILES string of the molecule is NC(=O)c1ccc(NC(=O)[C@@H]2CCCN(c3nccn4nc5c(c34)CCCC5)C2)cc1. The molecule has 2 aromatic heterocycles. The van der Waals surface area contributed by atoms with E-state index in [0.717, 1.165) is 43.6 Å². The lowest BCUT2D eigenvalue weighted by Gasteiger charge is -2.33. The fourth-order valence-corrected chi connectivity index (χ4v) is 4.72. The Kier molecular flexibility index (Phi) is 5.05. The zero-order valence-electron chi connectivity index (χ0n) is 17.4. The monoisotopic (exact) mass is 418 g/mol. The van der Waals surface area contributed by atoms with Crippen molar-refractivity contribution in [2.45, 2.75) is 38.5 Å². The Hall–Kier alpha value is -3.42. The van der Waals surface area contributed by atoms with Crippen LogP contribution in [0.4, 0.5) is 11.5 Å². The van der Waals surface area contributed by atoms with Crippen molar-refractivity contribution in [2.24, 2.45) is 11.7 Å². The van der Waals surface area contributed by atoms with E-state index in [2.05, 4.69) is 10.2 Å². The first-order chi connectivity index (χ1) is 15.1. The highest BCUT2D eigenvalue weighted by molar-refractivity contribution is 5.95. The van der Waals surface area contributed by atoms with Gasteiger partial charge in [-0.05, 0) is 62.8 Å². The number of rotatable bonds is 4. The molecule has 8 heteroatoms. The number of nitrogens with zero attached hydrogens (tertiary/aromatic N) is 4. The molecule has 1 fully saturated rings. The first kappa shape index (κ1) is 19.5. The minimum atomic E-state index is -0.482. The highest BCUT2D eigenvalue weighted by atomic mass is 16.2. The molecule has 1 aliphatic carbocycles. The van der Waals surface area contributed by atoms with Gasteiger partial charge in [-0.25, -0.2) is 9.50 Å². The van der Waals surface area contributed by atoms with Gasteiger partial charge in [0.05, 0.1) is 11.6 Å². The maximum absolute atomic E-state index is 12.9. The molecule has 8 nitrogen and oxygen atoms in total. The number of hydrogen-bond acceptors (Lipinski definition) is 5. The van der Waals surface area contributed by atoms with Gasteiger partial charge in [-0.1, -0.05) is 0 Å². The Morgan fingerprint density at radius 2 is 1.90 bits per heavy atom. The topological polar surface area (TPSA) is 106 Å². The zero-order chi connectivity index (χ0) is 21.4. The number of piperidine rings is 1. The molecule has 3 N–H and O–H groups in total. The van der Waals surface area contributed by atoms with Crippen molar-refractivity contribution in [2.75, 3.05) is 23.3 Å². The Labute approximate surface area is 180 Å². The molecular formula is C23H26N6O2. The molecule has 160 valence electrons. The van der Waals surface area contributed by atoms with Crippen molar-refractivity contribution in [1.82, 2.24) is 14.6 Å². The first-order valence-corrected chi connectivity index (χ1v) is 10.9. The fourth-order valence-electron chi connectivity index (χ4n) is 4.72. The van der Waals surface area contributed by atoms with Gasteiger partial charge in [0.1, 0.15) is 5.52 Å². The van der Waals surface area contributed by atoms with Crippen molar-refractivity contribution >= 4 is 28.8 Å². The molecule has 1 aromatic carbocycles. The number of nitrogens with two attached hydrogens (primary N) is 1. The average molecular weight is 419 g/mol. The van der Waals surface area contributed by atoms with Crippen molar-refractivity contribution in [3.05, 3.63) is 53.5 Å². The van der Waals surface area contributed by atoms with Crippen molar-refractivity contribution in [1.29, 1.82) is 0 Å². The van der Waals surface area contributed by atoms with Gasteiger partial charge in [0.15, 0.2) is 5.82 Å². The third-order valence-corrected chi connectivity index (χ3v) is 6.33. The van der Waals surface area contributed by atoms with Crippen LogP contribution in [0.25, 0.3) is 5.52 Å². The zero-order valence-corrected chi connectivity index (χ0v) is 17.4. The minimum Gasteiger partial charge on any atom is -0.366 e. The Morgan fingerprint density at radius 3 is 2.71 bits per heavy atom. The van der Waals surface area contributed by atoms with Crippen LogP contribution in [0.1, 0.15) is 47.3 Å². The number of aromatic nitrogens is 3. The Morgan fingerprint density at radius 1 is 1.10 bits per heavy atom. The lowest BCUT2D eigenvalue weighted by molar-refractivity contribution is -0.120. The van der Waals surface area contributed by atoms with E-state index in [1.165, 1.54) is 24.1 Å². The summed E-state index contributed by atoms with van der Waals surface area (Å²) in [6.45, 7) is 1.50. The van der Waals surface area contributed by atoms with Gasteiger partial charge in [0.25, 0.3) is 0 Å². The second kappa shape index (κ2) is 8.02. The molecule has 5 rings (SSSR count). The number of hydrogen-bond donors (Lipinski definition) is 2. The molecule has 0 spiro atoms. The van der Waals surface area contributed by atoms with Crippen LogP contribution in [-0.2, 0) is 17.6 Å². The van der Waals surface area contributed by atoms with Crippen molar-refractivity contribution in [3.63, 3.8) is 0 Å². The van der Waals surface area contributed by atoms with Crippen LogP contribution in [-0.4, -0.2) is 39.5 Å². The number of aryl methyl sites for hydroxylation is 2. The Bertz CT molecular complexity index is 1140. The summed E-state index contributed by atoms with van der Waals surface area (Å²) in [4.78, 5) is 31.1. The van der Waals surface area contributed by atoms with Crippen LogP contribution >= 0.6 is 0 Å². The molecule has 0 radical (unpaired) electrons. The van der Waals surface area contributed by atoms with Gasteiger partial charge < -0.3 is 16.0 Å². The van der Waals surface area contributed by atoms with E-state index >= 15 is 0 Å². The predicted molar refractivity (Wildman–Crippen MR) is 118 cm³/mol. The summed E-state index contributed by atoms with van der Waals surface area (Å²) >= 11 is 0. The summed E-state index contributed by atoms with van der Waals surface area (Å²) < 4.78 is 1.96. The predicted octanol–water partition coefficient (Wildman–Crippen LogP) is 2.56. The number of amides is 2. The third kappa shape index (κ3) is 3.73. The number of benzene rings is 1. The largest absolute Gasteiger partial charge is 0.366 e. The van der Waals surface area contributed by atoms with E-state index in [-0.39, 0.29) is 11.8 Å². The summed E-state index contributed by atoms with van der Waals surface area (Å²) in [5.41, 5.74) is 9.97. The van der Waals surface area contributed by atoms with Gasteiger partial charge in [0.2, 0.25) is 11.8 Å².